The van der Waals surface area contributed by atoms with Crippen LogP contribution in [0.4, 0.5) is 4.79 Å². The molecular formula is C16H24N2O2. The molecule has 1 aliphatic carbocycles. The predicted octanol–water partition coefficient (Wildman–Crippen LogP) is 2.18. The average Bonchev–Trinajstić information content (AvgIpc) is 2.50. The molecule has 110 valence electrons. The van der Waals surface area contributed by atoms with E-state index < -0.39 is 0 Å². The number of amides is 2. The number of hydrogen-bond acceptors (Lipinski definition) is 2. The van der Waals surface area contributed by atoms with E-state index >= 15 is 0 Å². The molecule has 0 aromatic heterocycles. The first-order valence-electron chi connectivity index (χ1n) is 7.47. The van der Waals surface area contributed by atoms with Gasteiger partial charge in [-0.2, -0.15) is 0 Å². The molecule has 0 aliphatic heterocycles. The Kier molecular flexibility index (Phi) is 5.41. The van der Waals surface area contributed by atoms with Crippen LogP contribution < -0.4 is 10.6 Å². The van der Waals surface area contributed by atoms with Gasteiger partial charge in [-0.15, -0.1) is 0 Å². The minimum absolute atomic E-state index is 0.0177. The number of aryl methyl sites for hydroxylation is 1. The molecule has 4 heteroatoms. The second kappa shape index (κ2) is 7.29. The Balaban J connectivity index is 1.87. The van der Waals surface area contributed by atoms with Gasteiger partial charge in [-0.25, -0.2) is 4.79 Å². The Hall–Kier alpha value is -1.55. The van der Waals surface area contributed by atoms with E-state index in [1.165, 1.54) is 17.5 Å². The third-order valence-electron chi connectivity index (χ3n) is 4.05. The van der Waals surface area contributed by atoms with Crippen molar-refractivity contribution in [1.29, 1.82) is 0 Å². The Labute approximate surface area is 120 Å². The maximum Gasteiger partial charge on any atom is 0.315 e. The molecule has 0 saturated heterocycles. The summed E-state index contributed by atoms with van der Waals surface area (Å²) < 4.78 is 0. The van der Waals surface area contributed by atoms with Crippen molar-refractivity contribution in [3.05, 3.63) is 35.4 Å². The highest BCUT2D eigenvalue weighted by molar-refractivity contribution is 5.74. The number of fused-ring (bicyclic) bond motifs is 1. The van der Waals surface area contributed by atoms with Crippen molar-refractivity contribution >= 4 is 6.03 Å². The van der Waals surface area contributed by atoms with E-state index in [9.17, 15) is 4.79 Å². The molecule has 2 rings (SSSR count). The molecular weight excluding hydrogens is 252 g/mol. The number of aliphatic hydroxyl groups excluding tert-OH is 1. The molecule has 2 amide bonds. The first-order valence-corrected chi connectivity index (χ1v) is 7.47. The summed E-state index contributed by atoms with van der Waals surface area (Å²) in [7, 11) is 0. The smallest absolute Gasteiger partial charge is 0.315 e. The molecule has 0 bridgehead atoms. The van der Waals surface area contributed by atoms with E-state index in [4.69, 9.17) is 5.11 Å². The van der Waals surface area contributed by atoms with Gasteiger partial charge < -0.3 is 15.7 Å². The van der Waals surface area contributed by atoms with Crippen LogP contribution in [0.5, 0.6) is 0 Å². The minimum atomic E-state index is -0.186. The average molecular weight is 276 g/mol. The molecule has 0 heterocycles. The van der Waals surface area contributed by atoms with Crippen LogP contribution in [0.25, 0.3) is 0 Å². The van der Waals surface area contributed by atoms with E-state index in [2.05, 4.69) is 34.9 Å². The number of carbonyl (C=O) groups is 1. The number of hydrogen-bond donors (Lipinski definition) is 3. The van der Waals surface area contributed by atoms with Crippen molar-refractivity contribution in [2.24, 2.45) is 0 Å². The van der Waals surface area contributed by atoms with Crippen molar-refractivity contribution < 1.29 is 9.90 Å². The van der Waals surface area contributed by atoms with E-state index in [0.29, 0.717) is 12.5 Å². The molecule has 0 fully saturated rings. The summed E-state index contributed by atoms with van der Waals surface area (Å²) in [6.45, 7) is 2.58. The van der Waals surface area contributed by atoms with Gasteiger partial charge in [0.25, 0.3) is 0 Å². The van der Waals surface area contributed by atoms with Crippen LogP contribution in [0.3, 0.4) is 0 Å². The molecule has 2 unspecified atom stereocenters. The summed E-state index contributed by atoms with van der Waals surface area (Å²) in [5, 5.41) is 14.8. The number of aliphatic hydroxyl groups is 1. The van der Waals surface area contributed by atoms with Crippen molar-refractivity contribution in [3.8, 4) is 0 Å². The number of nitrogens with one attached hydrogen (secondary N) is 2. The van der Waals surface area contributed by atoms with Gasteiger partial charge in [0.2, 0.25) is 0 Å². The van der Waals surface area contributed by atoms with Crippen molar-refractivity contribution in [3.63, 3.8) is 0 Å². The molecule has 0 radical (unpaired) electrons. The predicted molar refractivity (Wildman–Crippen MR) is 79.8 cm³/mol. The maximum absolute atomic E-state index is 11.8. The highest BCUT2D eigenvalue weighted by Gasteiger charge is 2.20. The van der Waals surface area contributed by atoms with Gasteiger partial charge in [-0.1, -0.05) is 31.2 Å². The topological polar surface area (TPSA) is 61.4 Å². The summed E-state index contributed by atoms with van der Waals surface area (Å²) in [5.41, 5.74) is 2.78. The zero-order valence-corrected chi connectivity index (χ0v) is 12.1. The highest BCUT2D eigenvalue weighted by atomic mass is 16.3. The lowest BCUT2D eigenvalue weighted by atomic mass is 9.83. The first kappa shape index (κ1) is 14.9. The van der Waals surface area contributed by atoms with Gasteiger partial charge in [-0.3, -0.25) is 0 Å². The fraction of sp³-hybridized carbons (Fsp3) is 0.562. The molecule has 20 heavy (non-hydrogen) atoms. The molecule has 4 nitrogen and oxygen atoms in total. The normalized spacial score (nSPS) is 19.0. The summed E-state index contributed by atoms with van der Waals surface area (Å²) >= 11 is 0. The Morgan fingerprint density at radius 1 is 1.45 bits per heavy atom. The van der Waals surface area contributed by atoms with E-state index in [0.717, 1.165) is 19.3 Å². The summed E-state index contributed by atoms with van der Waals surface area (Å²) in [5.74, 6) is 0.403. The van der Waals surface area contributed by atoms with Gasteiger partial charge in [0, 0.05) is 12.5 Å². The molecule has 1 aromatic carbocycles. The summed E-state index contributed by atoms with van der Waals surface area (Å²) in [4.78, 5) is 11.8. The lowest BCUT2D eigenvalue weighted by Gasteiger charge is -2.26. The van der Waals surface area contributed by atoms with Gasteiger partial charge in [0.1, 0.15) is 0 Å². The quantitative estimate of drug-likeness (QED) is 0.772. The fourth-order valence-corrected chi connectivity index (χ4v) is 2.80. The number of benzene rings is 1. The van der Waals surface area contributed by atoms with E-state index in [-0.39, 0.29) is 18.7 Å². The second-order valence-corrected chi connectivity index (χ2v) is 5.43. The summed E-state index contributed by atoms with van der Waals surface area (Å²) in [6, 6.07) is 8.15. The molecule has 1 aromatic rings. The zero-order valence-electron chi connectivity index (χ0n) is 12.1. The maximum atomic E-state index is 11.8. The van der Waals surface area contributed by atoms with Crippen LogP contribution in [0.15, 0.2) is 24.3 Å². The third-order valence-corrected chi connectivity index (χ3v) is 4.05. The van der Waals surface area contributed by atoms with Crippen LogP contribution in [-0.4, -0.2) is 30.3 Å². The monoisotopic (exact) mass is 276 g/mol. The molecule has 0 saturated carbocycles. The number of carbonyl (C=O) groups excluding carboxylic acids is 1. The lowest BCUT2D eigenvalue weighted by molar-refractivity contribution is 0.214. The zero-order chi connectivity index (χ0) is 14.4. The van der Waals surface area contributed by atoms with Crippen LogP contribution in [-0.2, 0) is 6.42 Å². The van der Waals surface area contributed by atoms with Crippen molar-refractivity contribution in [2.45, 2.75) is 44.6 Å². The first-order chi connectivity index (χ1) is 9.74. The standard InChI is InChI=1S/C16H24N2O2/c1-2-14(11-19)18-16(20)17-10-13-8-5-7-12-6-3-4-9-15(12)13/h3-4,6,9,13-14,19H,2,5,7-8,10-11H2,1H3,(H2,17,18,20). The van der Waals surface area contributed by atoms with Crippen LogP contribution in [0.1, 0.15) is 43.2 Å². The Bertz CT molecular complexity index is 444. The number of urea groups is 1. The van der Waals surface area contributed by atoms with Crippen LogP contribution in [0, 0.1) is 0 Å². The second-order valence-electron chi connectivity index (χ2n) is 5.43. The Morgan fingerprint density at radius 2 is 2.25 bits per heavy atom. The lowest BCUT2D eigenvalue weighted by Crippen LogP contribution is -2.44. The SMILES string of the molecule is CCC(CO)NC(=O)NCC1CCCc2ccccc21. The van der Waals surface area contributed by atoms with Gasteiger partial charge in [0.05, 0.1) is 12.6 Å². The van der Waals surface area contributed by atoms with Gasteiger partial charge in [-0.05, 0) is 36.8 Å². The summed E-state index contributed by atoms with van der Waals surface area (Å²) in [6.07, 6.45) is 4.17. The van der Waals surface area contributed by atoms with Gasteiger partial charge >= 0.3 is 6.03 Å². The van der Waals surface area contributed by atoms with E-state index in [1.54, 1.807) is 0 Å². The Morgan fingerprint density at radius 3 is 3.00 bits per heavy atom. The minimum Gasteiger partial charge on any atom is -0.394 e. The van der Waals surface area contributed by atoms with Gasteiger partial charge in [0.15, 0.2) is 0 Å². The van der Waals surface area contributed by atoms with Crippen molar-refractivity contribution in [1.82, 2.24) is 10.6 Å². The molecule has 3 N–H and O–H groups in total. The molecule has 0 spiro atoms. The van der Waals surface area contributed by atoms with Crippen LogP contribution in [0.2, 0.25) is 0 Å². The highest BCUT2D eigenvalue weighted by Crippen LogP contribution is 2.30. The molecule has 1 aliphatic rings. The third kappa shape index (κ3) is 3.73. The van der Waals surface area contributed by atoms with Crippen LogP contribution >= 0.6 is 0 Å². The number of rotatable bonds is 5. The molecule has 2 atom stereocenters. The van der Waals surface area contributed by atoms with Crippen molar-refractivity contribution in [2.75, 3.05) is 13.2 Å². The fourth-order valence-electron chi connectivity index (χ4n) is 2.80. The largest absolute Gasteiger partial charge is 0.394 e. The van der Waals surface area contributed by atoms with E-state index in [1.807, 2.05) is 6.92 Å².